The average Bonchev–Trinajstić information content (AvgIpc) is 2.93. The number of benzene rings is 1. The van der Waals surface area contributed by atoms with Crippen molar-refractivity contribution in [1.82, 2.24) is 4.90 Å². The van der Waals surface area contributed by atoms with Crippen LogP contribution in [0.5, 0.6) is 0 Å². The molecule has 0 amide bonds. The van der Waals surface area contributed by atoms with E-state index in [1.54, 1.807) is 12.1 Å². The van der Waals surface area contributed by atoms with Gasteiger partial charge in [-0.25, -0.2) is 4.39 Å². The Morgan fingerprint density at radius 3 is 2.70 bits per heavy atom. The summed E-state index contributed by atoms with van der Waals surface area (Å²) in [5.74, 6) is -0.277. The average molecular weight is 297 g/mol. The first-order valence-electron chi connectivity index (χ1n) is 7.00. The summed E-state index contributed by atoms with van der Waals surface area (Å²) >= 11 is 1.45. The van der Waals surface area contributed by atoms with Gasteiger partial charge in [0, 0.05) is 23.2 Å². The molecule has 1 aliphatic rings. The lowest BCUT2D eigenvalue weighted by molar-refractivity contribution is -0.138. The maximum atomic E-state index is 13.5. The van der Waals surface area contributed by atoms with Crippen molar-refractivity contribution >= 4 is 17.7 Å². The normalized spacial score (nSPS) is 15.9. The molecule has 1 fully saturated rings. The molecular formula is C15H20FNO2S. The molecule has 0 unspecified atom stereocenters. The van der Waals surface area contributed by atoms with Gasteiger partial charge >= 0.3 is 5.97 Å². The van der Waals surface area contributed by atoms with Crippen molar-refractivity contribution in [3.05, 3.63) is 30.1 Å². The van der Waals surface area contributed by atoms with Crippen LogP contribution >= 0.6 is 11.8 Å². The fraction of sp³-hybridized carbons (Fsp3) is 0.533. The molecule has 110 valence electrons. The van der Waals surface area contributed by atoms with E-state index in [4.69, 9.17) is 5.11 Å². The number of hydrogen-bond acceptors (Lipinski definition) is 3. The third kappa shape index (κ3) is 4.49. The van der Waals surface area contributed by atoms with Gasteiger partial charge in [0.05, 0.1) is 6.54 Å². The highest BCUT2D eigenvalue weighted by molar-refractivity contribution is 7.99. The summed E-state index contributed by atoms with van der Waals surface area (Å²) in [5.41, 5.74) is 0. The quantitative estimate of drug-likeness (QED) is 0.784. The molecule has 0 bridgehead atoms. The summed E-state index contributed by atoms with van der Waals surface area (Å²) in [4.78, 5) is 13.6. The van der Waals surface area contributed by atoms with Gasteiger partial charge in [-0.05, 0) is 25.0 Å². The number of carbonyl (C=O) groups is 1. The molecule has 0 radical (unpaired) electrons. The predicted molar refractivity (Wildman–Crippen MR) is 78.6 cm³/mol. The molecule has 0 heterocycles. The highest BCUT2D eigenvalue weighted by Crippen LogP contribution is 2.25. The van der Waals surface area contributed by atoms with Crippen LogP contribution in [0.4, 0.5) is 4.39 Å². The number of hydrogen-bond donors (Lipinski definition) is 1. The van der Waals surface area contributed by atoms with Crippen molar-refractivity contribution in [3.8, 4) is 0 Å². The van der Waals surface area contributed by atoms with Gasteiger partial charge in [-0.15, -0.1) is 11.8 Å². The number of carboxylic acid groups (broad SMARTS) is 1. The Labute approximate surface area is 123 Å². The third-order valence-electron chi connectivity index (χ3n) is 3.65. The molecule has 0 saturated heterocycles. The first kappa shape index (κ1) is 15.3. The predicted octanol–water partition coefficient (Wildman–Crippen LogP) is 3.25. The molecule has 1 aliphatic carbocycles. The summed E-state index contributed by atoms with van der Waals surface area (Å²) in [7, 11) is 0. The molecule has 2 rings (SSSR count). The second kappa shape index (κ2) is 7.64. The van der Waals surface area contributed by atoms with Crippen molar-refractivity contribution in [2.45, 2.75) is 36.6 Å². The van der Waals surface area contributed by atoms with Crippen molar-refractivity contribution in [1.29, 1.82) is 0 Å². The lowest BCUT2D eigenvalue weighted by Crippen LogP contribution is -2.39. The Kier molecular flexibility index (Phi) is 5.86. The Morgan fingerprint density at radius 1 is 1.35 bits per heavy atom. The molecular weight excluding hydrogens is 277 g/mol. The van der Waals surface area contributed by atoms with Crippen molar-refractivity contribution in [2.24, 2.45) is 0 Å². The zero-order chi connectivity index (χ0) is 14.4. The van der Waals surface area contributed by atoms with E-state index in [0.29, 0.717) is 23.2 Å². The van der Waals surface area contributed by atoms with Gasteiger partial charge < -0.3 is 5.11 Å². The van der Waals surface area contributed by atoms with Crippen LogP contribution in [0, 0.1) is 5.82 Å². The van der Waals surface area contributed by atoms with E-state index in [2.05, 4.69) is 0 Å². The highest BCUT2D eigenvalue weighted by Gasteiger charge is 2.23. The monoisotopic (exact) mass is 297 g/mol. The minimum atomic E-state index is -0.784. The molecule has 0 atom stereocenters. The summed E-state index contributed by atoms with van der Waals surface area (Å²) in [6.07, 6.45) is 4.53. The van der Waals surface area contributed by atoms with E-state index < -0.39 is 5.97 Å². The summed E-state index contributed by atoms with van der Waals surface area (Å²) in [5, 5.41) is 9.00. The number of aliphatic carboxylic acids is 1. The van der Waals surface area contributed by atoms with Gasteiger partial charge in [0.1, 0.15) is 5.82 Å². The number of carboxylic acids is 1. The van der Waals surface area contributed by atoms with Crippen LogP contribution in [-0.2, 0) is 4.79 Å². The van der Waals surface area contributed by atoms with E-state index in [1.165, 1.54) is 30.7 Å². The van der Waals surface area contributed by atoms with Crippen LogP contribution in [0.15, 0.2) is 29.2 Å². The van der Waals surface area contributed by atoms with E-state index >= 15 is 0 Å². The molecule has 1 saturated carbocycles. The lowest BCUT2D eigenvalue weighted by Gasteiger charge is -2.26. The zero-order valence-corrected chi connectivity index (χ0v) is 12.2. The van der Waals surface area contributed by atoms with Gasteiger partial charge in [0.15, 0.2) is 0 Å². The largest absolute Gasteiger partial charge is 0.480 e. The van der Waals surface area contributed by atoms with Gasteiger partial charge in [-0.3, -0.25) is 9.69 Å². The standard InChI is InChI=1S/C15H20FNO2S/c16-13-7-3-4-8-14(13)20-10-9-17(11-15(18)19)12-5-1-2-6-12/h3-4,7-8,12H,1-2,5-6,9-11H2,(H,18,19). The third-order valence-corrected chi connectivity index (χ3v) is 4.68. The van der Waals surface area contributed by atoms with Crippen molar-refractivity contribution in [2.75, 3.05) is 18.8 Å². The van der Waals surface area contributed by atoms with Crippen LogP contribution in [-0.4, -0.2) is 40.9 Å². The number of halogens is 1. The first-order chi connectivity index (χ1) is 9.66. The van der Waals surface area contributed by atoms with E-state index in [9.17, 15) is 9.18 Å². The van der Waals surface area contributed by atoms with Crippen molar-refractivity contribution < 1.29 is 14.3 Å². The maximum Gasteiger partial charge on any atom is 0.317 e. The topological polar surface area (TPSA) is 40.5 Å². The Bertz CT molecular complexity index is 449. The maximum absolute atomic E-state index is 13.5. The summed E-state index contributed by atoms with van der Waals surface area (Å²) in [6.45, 7) is 0.776. The SMILES string of the molecule is O=C(O)CN(CCSc1ccccc1F)C1CCCC1. The van der Waals surface area contributed by atoms with Crippen LogP contribution in [0.2, 0.25) is 0 Å². The Hall–Kier alpha value is -1.07. The van der Waals surface area contributed by atoms with Gasteiger partial charge in [0.25, 0.3) is 0 Å². The van der Waals surface area contributed by atoms with Crippen LogP contribution in [0.1, 0.15) is 25.7 Å². The summed E-state index contributed by atoms with van der Waals surface area (Å²) < 4.78 is 13.5. The first-order valence-corrected chi connectivity index (χ1v) is 7.98. The van der Waals surface area contributed by atoms with Gasteiger partial charge in [0.2, 0.25) is 0 Å². The van der Waals surface area contributed by atoms with E-state index in [0.717, 1.165) is 12.8 Å². The Morgan fingerprint density at radius 2 is 2.05 bits per heavy atom. The second-order valence-electron chi connectivity index (χ2n) is 5.08. The van der Waals surface area contributed by atoms with E-state index in [-0.39, 0.29) is 12.4 Å². The van der Waals surface area contributed by atoms with Crippen molar-refractivity contribution in [3.63, 3.8) is 0 Å². The van der Waals surface area contributed by atoms with Crippen LogP contribution < -0.4 is 0 Å². The van der Waals surface area contributed by atoms with Gasteiger partial charge in [-0.1, -0.05) is 25.0 Å². The molecule has 1 N–H and O–H groups in total. The van der Waals surface area contributed by atoms with Crippen LogP contribution in [0.25, 0.3) is 0 Å². The van der Waals surface area contributed by atoms with E-state index in [1.807, 2.05) is 11.0 Å². The summed E-state index contributed by atoms with van der Waals surface area (Å²) in [6, 6.07) is 7.09. The van der Waals surface area contributed by atoms with Crippen LogP contribution in [0.3, 0.4) is 0 Å². The fourth-order valence-electron chi connectivity index (χ4n) is 2.67. The van der Waals surface area contributed by atoms with Gasteiger partial charge in [-0.2, -0.15) is 0 Å². The highest BCUT2D eigenvalue weighted by atomic mass is 32.2. The smallest absolute Gasteiger partial charge is 0.317 e. The molecule has 0 aliphatic heterocycles. The lowest BCUT2D eigenvalue weighted by atomic mass is 10.2. The minimum Gasteiger partial charge on any atom is -0.480 e. The molecule has 5 heteroatoms. The molecule has 1 aromatic carbocycles. The molecule has 20 heavy (non-hydrogen) atoms. The number of nitrogens with zero attached hydrogens (tertiary/aromatic N) is 1. The minimum absolute atomic E-state index is 0.0858. The number of thioether (sulfide) groups is 1. The second-order valence-corrected chi connectivity index (χ2v) is 6.22. The Balaban J connectivity index is 1.85. The zero-order valence-electron chi connectivity index (χ0n) is 11.4. The molecule has 3 nitrogen and oxygen atoms in total. The molecule has 0 aromatic heterocycles. The number of rotatable bonds is 7. The molecule has 0 spiro atoms. The fourth-order valence-corrected chi connectivity index (χ4v) is 3.59. The molecule has 1 aromatic rings.